The molecule has 0 spiro atoms. The molecule has 0 atom stereocenters. The van der Waals surface area contributed by atoms with Crippen molar-refractivity contribution in [3.63, 3.8) is 0 Å². The molecule has 6 nitrogen and oxygen atoms in total. The molecular weight excluding hydrogens is 232 g/mol. The van der Waals surface area contributed by atoms with Crippen LogP contribution in [0.1, 0.15) is 10.4 Å². The number of ether oxygens (including phenoxy) is 1. The van der Waals surface area contributed by atoms with Crippen LogP contribution < -0.4 is 5.73 Å². The Morgan fingerprint density at radius 3 is 2.75 bits per heavy atom. The van der Waals surface area contributed by atoms with Gasteiger partial charge in [-0.25, -0.2) is 9.78 Å². The van der Waals surface area contributed by atoms with E-state index >= 15 is 0 Å². The van der Waals surface area contributed by atoms with E-state index in [4.69, 9.17) is 10.8 Å². The van der Waals surface area contributed by atoms with Crippen LogP contribution in [0.5, 0.6) is 0 Å². The number of carbonyl (C=O) groups excluding carboxylic acids is 1. The molecule has 0 amide bonds. The quantitative estimate of drug-likeness (QED) is 0.589. The van der Waals surface area contributed by atoms with E-state index in [0.29, 0.717) is 5.03 Å². The molecular formula is C9H10N2O4S. The van der Waals surface area contributed by atoms with E-state index in [9.17, 15) is 9.59 Å². The van der Waals surface area contributed by atoms with E-state index in [0.717, 1.165) is 11.8 Å². The van der Waals surface area contributed by atoms with Crippen LogP contribution in [0.2, 0.25) is 0 Å². The third kappa shape index (κ3) is 3.13. The van der Waals surface area contributed by atoms with E-state index in [1.807, 2.05) is 0 Å². The first-order valence-corrected chi connectivity index (χ1v) is 5.22. The van der Waals surface area contributed by atoms with Crippen LogP contribution in [0.3, 0.4) is 0 Å². The number of thioether (sulfide) groups is 1. The van der Waals surface area contributed by atoms with Crippen LogP contribution in [-0.2, 0) is 9.53 Å². The minimum atomic E-state index is -0.942. The van der Waals surface area contributed by atoms with Crippen molar-refractivity contribution in [3.8, 4) is 0 Å². The minimum absolute atomic E-state index is 0.0299. The fourth-order valence-electron chi connectivity index (χ4n) is 0.955. The Balaban J connectivity index is 2.82. The number of esters is 1. The van der Waals surface area contributed by atoms with Crippen molar-refractivity contribution >= 4 is 29.5 Å². The number of carbonyl (C=O) groups is 2. The van der Waals surface area contributed by atoms with Gasteiger partial charge in [0.1, 0.15) is 11.4 Å². The largest absolute Gasteiger partial charge is 0.481 e. The molecule has 0 aliphatic carbocycles. The molecule has 0 aliphatic heterocycles. The van der Waals surface area contributed by atoms with E-state index in [-0.39, 0.29) is 17.1 Å². The Morgan fingerprint density at radius 2 is 2.25 bits per heavy atom. The average Bonchev–Trinajstić information content (AvgIpc) is 2.25. The lowest BCUT2D eigenvalue weighted by molar-refractivity contribution is -0.133. The second kappa shape index (κ2) is 5.36. The van der Waals surface area contributed by atoms with Gasteiger partial charge in [0.2, 0.25) is 0 Å². The van der Waals surface area contributed by atoms with Gasteiger partial charge in [-0.05, 0) is 12.1 Å². The zero-order valence-electron chi connectivity index (χ0n) is 8.47. The summed E-state index contributed by atoms with van der Waals surface area (Å²) in [5.74, 6) is -1.59. The first-order valence-electron chi connectivity index (χ1n) is 4.24. The zero-order chi connectivity index (χ0) is 12.1. The number of rotatable bonds is 4. The molecule has 0 aliphatic rings. The first kappa shape index (κ1) is 12.3. The summed E-state index contributed by atoms with van der Waals surface area (Å²) < 4.78 is 4.50. The Labute approximate surface area is 95.8 Å². The van der Waals surface area contributed by atoms with E-state index in [1.54, 1.807) is 0 Å². The highest BCUT2D eigenvalue weighted by Crippen LogP contribution is 2.19. The Kier molecular flexibility index (Phi) is 4.12. The van der Waals surface area contributed by atoms with Gasteiger partial charge in [-0.15, -0.1) is 0 Å². The number of hydrogen-bond donors (Lipinski definition) is 2. The molecule has 0 radical (unpaired) electrons. The molecule has 1 heterocycles. The van der Waals surface area contributed by atoms with Gasteiger partial charge in [0.05, 0.1) is 17.9 Å². The fraction of sp³-hybridized carbons (Fsp3) is 0.222. The van der Waals surface area contributed by atoms with Gasteiger partial charge in [-0.1, -0.05) is 11.8 Å². The van der Waals surface area contributed by atoms with Crippen LogP contribution >= 0.6 is 11.8 Å². The van der Waals surface area contributed by atoms with Gasteiger partial charge in [0, 0.05) is 0 Å². The van der Waals surface area contributed by atoms with E-state index < -0.39 is 11.9 Å². The van der Waals surface area contributed by atoms with Gasteiger partial charge >= 0.3 is 11.9 Å². The number of hydrogen-bond acceptors (Lipinski definition) is 6. The lowest BCUT2D eigenvalue weighted by atomic mass is 10.2. The van der Waals surface area contributed by atoms with Crippen LogP contribution in [0, 0.1) is 0 Å². The smallest absolute Gasteiger partial charge is 0.341 e. The van der Waals surface area contributed by atoms with Crippen LogP contribution in [-0.4, -0.2) is 34.9 Å². The third-order valence-electron chi connectivity index (χ3n) is 1.65. The Morgan fingerprint density at radius 1 is 1.56 bits per heavy atom. The van der Waals surface area contributed by atoms with Crippen molar-refractivity contribution in [2.45, 2.75) is 5.03 Å². The van der Waals surface area contributed by atoms with Crippen LogP contribution in [0.15, 0.2) is 17.2 Å². The molecule has 1 rings (SSSR count). The maximum atomic E-state index is 11.2. The van der Waals surface area contributed by atoms with Crippen molar-refractivity contribution < 1.29 is 19.4 Å². The number of carboxylic acid groups (broad SMARTS) is 1. The van der Waals surface area contributed by atoms with Crippen LogP contribution in [0.25, 0.3) is 0 Å². The number of pyridine rings is 1. The molecule has 1 aromatic heterocycles. The summed E-state index contributed by atoms with van der Waals surface area (Å²) in [4.78, 5) is 25.4. The van der Waals surface area contributed by atoms with Crippen molar-refractivity contribution in [2.75, 3.05) is 18.6 Å². The van der Waals surface area contributed by atoms with Gasteiger partial charge in [0.25, 0.3) is 0 Å². The summed E-state index contributed by atoms with van der Waals surface area (Å²) in [5, 5.41) is 8.92. The maximum Gasteiger partial charge on any atom is 0.341 e. The number of nitrogens with two attached hydrogens (primary N) is 1. The van der Waals surface area contributed by atoms with E-state index in [1.165, 1.54) is 19.2 Å². The standard InChI is InChI=1S/C9H10N2O4S/c1-15-9(14)5-2-3-6(11-8(5)10)16-4-7(12)13/h2-3H,4H2,1H3,(H2,10,11)(H,12,13). The number of nitrogens with zero attached hydrogens (tertiary/aromatic N) is 1. The lowest BCUT2D eigenvalue weighted by Crippen LogP contribution is -2.07. The number of methoxy groups -OCH3 is 1. The van der Waals surface area contributed by atoms with Gasteiger partial charge in [-0.3, -0.25) is 4.79 Å². The normalized spacial score (nSPS) is 9.81. The first-order chi connectivity index (χ1) is 7.54. The Bertz CT molecular complexity index is 422. The zero-order valence-corrected chi connectivity index (χ0v) is 9.28. The summed E-state index contributed by atoms with van der Waals surface area (Å²) in [6.45, 7) is 0. The summed E-state index contributed by atoms with van der Waals surface area (Å²) in [7, 11) is 1.24. The molecule has 16 heavy (non-hydrogen) atoms. The van der Waals surface area contributed by atoms with Gasteiger partial charge in [0.15, 0.2) is 0 Å². The molecule has 0 bridgehead atoms. The molecule has 1 aromatic rings. The summed E-state index contributed by atoms with van der Waals surface area (Å²) in [6.07, 6.45) is 0. The molecule has 0 fully saturated rings. The number of aromatic nitrogens is 1. The fourth-order valence-corrected chi connectivity index (χ4v) is 1.55. The molecule has 0 saturated heterocycles. The Hall–Kier alpha value is -1.76. The van der Waals surface area contributed by atoms with Gasteiger partial charge in [-0.2, -0.15) is 0 Å². The van der Waals surface area contributed by atoms with E-state index in [2.05, 4.69) is 9.72 Å². The topological polar surface area (TPSA) is 103 Å². The molecule has 0 unspecified atom stereocenters. The number of anilines is 1. The second-order valence-electron chi connectivity index (χ2n) is 2.76. The highest BCUT2D eigenvalue weighted by Gasteiger charge is 2.12. The van der Waals surface area contributed by atoms with Crippen molar-refractivity contribution in [1.82, 2.24) is 4.98 Å². The monoisotopic (exact) mass is 242 g/mol. The summed E-state index contributed by atoms with van der Waals surface area (Å²) >= 11 is 1.03. The number of carboxylic acids is 1. The van der Waals surface area contributed by atoms with Crippen molar-refractivity contribution in [3.05, 3.63) is 17.7 Å². The predicted octanol–water partition coefficient (Wildman–Crippen LogP) is 0.627. The SMILES string of the molecule is COC(=O)c1ccc(SCC(=O)O)nc1N. The molecule has 0 saturated carbocycles. The maximum absolute atomic E-state index is 11.2. The summed E-state index contributed by atoms with van der Waals surface area (Å²) in [5.41, 5.74) is 5.70. The average molecular weight is 242 g/mol. The molecule has 0 aromatic carbocycles. The molecule has 86 valence electrons. The van der Waals surface area contributed by atoms with Crippen molar-refractivity contribution in [1.29, 1.82) is 0 Å². The third-order valence-corrected chi connectivity index (χ3v) is 2.56. The summed E-state index contributed by atoms with van der Waals surface area (Å²) in [6, 6.07) is 2.98. The molecule has 3 N–H and O–H groups in total. The minimum Gasteiger partial charge on any atom is -0.481 e. The number of aliphatic carboxylic acids is 1. The lowest BCUT2D eigenvalue weighted by Gasteiger charge is -2.04. The predicted molar refractivity (Wildman–Crippen MR) is 58.3 cm³/mol. The second-order valence-corrected chi connectivity index (χ2v) is 3.75. The molecule has 7 heteroatoms. The van der Waals surface area contributed by atoms with Crippen molar-refractivity contribution in [2.24, 2.45) is 0 Å². The van der Waals surface area contributed by atoms with Crippen LogP contribution in [0.4, 0.5) is 5.82 Å². The highest BCUT2D eigenvalue weighted by molar-refractivity contribution is 7.99. The van der Waals surface area contributed by atoms with Gasteiger partial charge < -0.3 is 15.6 Å². The number of nitrogen functional groups attached to an aromatic ring is 1. The highest BCUT2D eigenvalue weighted by atomic mass is 32.2.